The van der Waals surface area contributed by atoms with Crippen molar-refractivity contribution in [2.24, 2.45) is 0 Å². The first-order valence-corrected chi connectivity index (χ1v) is 21.2. The lowest BCUT2D eigenvalue weighted by Crippen LogP contribution is -2.65. The Labute approximate surface area is 371 Å². The lowest BCUT2D eigenvalue weighted by Gasteiger charge is -2.46. The van der Waals surface area contributed by atoms with Crippen LogP contribution in [0.15, 0.2) is 12.1 Å². The summed E-state index contributed by atoms with van der Waals surface area (Å²) < 4.78 is 45.7. The Morgan fingerprint density at radius 1 is 0.569 bits per heavy atom. The number of aliphatic hydroxyl groups is 13. The van der Waals surface area contributed by atoms with Gasteiger partial charge in [-0.1, -0.05) is 6.42 Å². The summed E-state index contributed by atoms with van der Waals surface area (Å²) in [7, 11) is 0. The molecule has 15 N–H and O–H groups in total. The molecule has 0 saturated carbocycles. The average Bonchev–Trinajstić information content (AvgIpc) is 3.60. The molecule has 0 aromatic carbocycles. The van der Waals surface area contributed by atoms with Crippen LogP contribution in [0.2, 0.25) is 0 Å². The predicted octanol–water partition coefficient (Wildman–Crippen LogP) is -7.97. The van der Waals surface area contributed by atoms with Crippen molar-refractivity contribution >= 4 is 5.97 Å². The van der Waals surface area contributed by atoms with Gasteiger partial charge in [0.2, 0.25) is 11.8 Å². The second-order valence-corrected chi connectivity index (χ2v) is 16.2. The van der Waals surface area contributed by atoms with E-state index in [1.54, 1.807) is 0 Å². The van der Waals surface area contributed by atoms with Crippen LogP contribution in [0.5, 0.6) is 11.8 Å². The molecule has 65 heavy (non-hydrogen) atoms. The summed E-state index contributed by atoms with van der Waals surface area (Å²) in [5.74, 6) is -1.67. The van der Waals surface area contributed by atoms with Gasteiger partial charge in [-0.15, -0.1) is 4.73 Å². The van der Waals surface area contributed by atoms with Crippen LogP contribution in [0.3, 0.4) is 0 Å². The normalized spacial score (nSPS) is 40.3. The topological polar surface area (TPSA) is 412 Å². The molecule has 0 aliphatic carbocycles. The highest BCUT2D eigenvalue weighted by atomic mass is 16.8. The number of hydrogen-bond donors (Lipinski definition) is 15. The van der Waals surface area contributed by atoms with E-state index < -0.39 is 160 Å². The van der Waals surface area contributed by atoms with Gasteiger partial charge in [0.15, 0.2) is 25.2 Å². The maximum atomic E-state index is 12.3. The summed E-state index contributed by atoms with van der Waals surface area (Å²) in [6.07, 6.45) is -31.2. The van der Waals surface area contributed by atoms with Gasteiger partial charge in [0.05, 0.1) is 39.1 Å². The zero-order valence-corrected chi connectivity index (χ0v) is 35.4. The van der Waals surface area contributed by atoms with Crippen molar-refractivity contribution in [3.63, 3.8) is 0 Å². The number of hydrogen-bond acceptors (Lipinski definition) is 26. The smallest absolute Gasteiger partial charge is 0.333 e. The zero-order valence-electron chi connectivity index (χ0n) is 35.4. The second-order valence-electron chi connectivity index (χ2n) is 16.2. The number of aromatic nitrogens is 1. The zero-order chi connectivity index (χ0) is 47.7. The van der Waals surface area contributed by atoms with Gasteiger partial charge in [0.25, 0.3) is 0 Å². The minimum absolute atomic E-state index is 0.0665. The van der Waals surface area contributed by atoms with Gasteiger partial charge in [0.1, 0.15) is 91.6 Å². The molecule has 0 unspecified atom stereocenters. The summed E-state index contributed by atoms with van der Waals surface area (Å²) in [4.78, 5) is 19.1. The fraction of sp³-hybridized carbons (Fsp3) is 0.868. The maximum Gasteiger partial charge on any atom is 0.333 e. The van der Waals surface area contributed by atoms with Gasteiger partial charge in [-0.2, -0.15) is 0 Å². The van der Waals surface area contributed by atoms with Gasteiger partial charge in [-0.05, 0) is 26.3 Å². The molecule has 4 saturated heterocycles. The largest absolute Gasteiger partial charge is 0.492 e. The molecule has 0 spiro atoms. The van der Waals surface area contributed by atoms with Crippen LogP contribution in [-0.4, -0.2) is 268 Å². The van der Waals surface area contributed by atoms with Crippen LogP contribution < -0.4 is 4.84 Å². The fourth-order valence-corrected chi connectivity index (χ4v) is 7.57. The molecule has 5 heterocycles. The van der Waals surface area contributed by atoms with Crippen molar-refractivity contribution in [1.29, 1.82) is 0 Å². The van der Waals surface area contributed by atoms with Crippen LogP contribution in [0.1, 0.15) is 32.6 Å². The summed E-state index contributed by atoms with van der Waals surface area (Å²) in [6, 6.07) is 2.28. The fourth-order valence-electron chi connectivity index (χ4n) is 7.57. The number of aromatic hydroxyl groups is 2. The monoisotopic (exact) mass is 948 g/mol. The Kier molecular flexibility index (Phi) is 20.3. The summed E-state index contributed by atoms with van der Waals surface area (Å²) >= 11 is 0. The number of unbranched alkanes of at least 4 members (excludes halogenated alkanes) is 2. The second kappa shape index (κ2) is 24.7. The van der Waals surface area contributed by atoms with E-state index in [0.717, 1.165) is 12.1 Å². The van der Waals surface area contributed by atoms with E-state index >= 15 is 0 Å². The van der Waals surface area contributed by atoms with Gasteiger partial charge in [-0.3, -0.25) is 4.90 Å². The lowest BCUT2D eigenvalue weighted by atomic mass is 9.96. The third kappa shape index (κ3) is 13.4. The van der Waals surface area contributed by atoms with Crippen LogP contribution in [0.25, 0.3) is 0 Å². The molecule has 4 aliphatic heterocycles. The number of aliphatic hydroxyl groups excluding tert-OH is 13. The van der Waals surface area contributed by atoms with Crippen molar-refractivity contribution in [3.8, 4) is 11.8 Å². The van der Waals surface area contributed by atoms with Crippen LogP contribution in [0.4, 0.5) is 0 Å². The first kappa shape index (κ1) is 53.4. The molecule has 0 bridgehead atoms. The number of carbonyl (C=O) groups is 1. The maximum absolute atomic E-state index is 12.3. The van der Waals surface area contributed by atoms with Gasteiger partial charge in [-0.25, -0.2) is 4.79 Å². The molecular weight excluding hydrogens is 884 g/mol. The van der Waals surface area contributed by atoms with E-state index in [4.69, 9.17) is 42.7 Å². The Balaban J connectivity index is 1.24. The van der Waals surface area contributed by atoms with E-state index in [-0.39, 0.29) is 32.7 Å². The third-order valence-electron chi connectivity index (χ3n) is 11.6. The van der Waals surface area contributed by atoms with Crippen LogP contribution in [0, 0.1) is 0 Å². The Bertz CT molecular complexity index is 1560. The lowest BCUT2D eigenvalue weighted by molar-refractivity contribution is -0.366. The first-order chi connectivity index (χ1) is 30.9. The Hall–Kier alpha value is -2.53. The highest BCUT2D eigenvalue weighted by molar-refractivity contribution is 5.69. The molecule has 376 valence electrons. The van der Waals surface area contributed by atoms with E-state index in [1.807, 2.05) is 4.90 Å². The van der Waals surface area contributed by atoms with Crippen molar-refractivity contribution in [2.45, 2.75) is 155 Å². The molecule has 4 aliphatic rings. The minimum Gasteiger partial charge on any atom is -0.492 e. The highest BCUT2D eigenvalue weighted by Gasteiger charge is 2.52. The molecule has 1 aromatic heterocycles. The highest BCUT2D eigenvalue weighted by Crippen LogP contribution is 2.31. The Morgan fingerprint density at radius 3 is 1.63 bits per heavy atom. The van der Waals surface area contributed by atoms with E-state index in [1.165, 1.54) is 6.92 Å². The van der Waals surface area contributed by atoms with Crippen molar-refractivity contribution < 1.29 is 124 Å². The third-order valence-corrected chi connectivity index (χ3v) is 11.6. The van der Waals surface area contributed by atoms with Gasteiger partial charge in [0, 0.05) is 31.6 Å². The minimum atomic E-state index is -1.95. The number of nitrogens with zero attached hydrogens (tertiary/aromatic N) is 2. The Morgan fingerprint density at radius 2 is 1.06 bits per heavy atom. The van der Waals surface area contributed by atoms with Gasteiger partial charge >= 0.3 is 5.97 Å². The molecule has 20 atom stereocenters. The summed E-state index contributed by atoms with van der Waals surface area (Å²) in [5.41, 5.74) is 0. The number of ether oxygens (including phenoxy) is 8. The molecule has 1 aromatic rings. The molecule has 0 amide bonds. The van der Waals surface area contributed by atoms with E-state index in [0.29, 0.717) is 30.5 Å². The molecule has 27 heteroatoms. The molecule has 5 rings (SSSR count). The van der Waals surface area contributed by atoms with Crippen LogP contribution in [-0.2, 0) is 42.7 Å². The number of carbonyl (C=O) groups excluding carboxylic acids is 1. The van der Waals surface area contributed by atoms with Gasteiger partial charge < -0.3 is 119 Å². The number of rotatable bonds is 22. The average molecular weight is 949 g/mol. The first-order valence-electron chi connectivity index (χ1n) is 21.2. The van der Waals surface area contributed by atoms with E-state index in [9.17, 15) is 81.4 Å². The SMILES string of the molecule is C[C@@H]1O[C@@H](OCCN(CCCCCC(=O)On2c(O)ccc2O)CCO[C@H]2O[C@H](CO[C@H]3O[C@H](CO)[C@@H](O)[C@H](O)[C@@H]3O)[C@@H](O)[C@H](O[C@H]3O[C@H](CO)[C@@H](O)[C@H](O)[C@@H]3O)[C@@H]2O)[C@@H](O)[C@H](O)[C@@H]1O. The quantitative estimate of drug-likeness (QED) is 0.0480. The van der Waals surface area contributed by atoms with Crippen molar-refractivity contribution in [1.82, 2.24) is 9.63 Å². The molecule has 4 fully saturated rings. The molecule has 27 nitrogen and oxygen atoms in total. The van der Waals surface area contributed by atoms with Crippen molar-refractivity contribution in [3.05, 3.63) is 12.1 Å². The standard InChI is InChI=1S/C38H64N2O25/c1-16-23(46)27(50)30(53)35(60-16)57-11-9-39(8-4-2-3-5-22(45)65-40-20(43)6-7-21(40)44)10-12-58-37-33(56)34(64-38-32(55)29(52)25(48)18(14-42)62-38)26(49)19(63-37)15-59-36-31(54)28(51)24(47)17(13-41)61-36/h6-7,16-19,23-38,41-44,46-56H,2-5,8-15H2,1H3/t16-,17+,18+,19+,23+,24+,25+,26+,27+,28-,29-,30-,31-,32-,33-,34-,35+,36-,37-,38+/m0/s1. The molecule has 0 radical (unpaired) electrons. The molecular formula is C38H64N2O25. The van der Waals surface area contributed by atoms with Crippen LogP contribution >= 0.6 is 0 Å². The summed E-state index contributed by atoms with van der Waals surface area (Å²) in [6.45, 7) is -0.467. The van der Waals surface area contributed by atoms with E-state index in [2.05, 4.69) is 0 Å². The predicted molar refractivity (Wildman–Crippen MR) is 208 cm³/mol. The summed E-state index contributed by atoms with van der Waals surface area (Å²) in [5, 5.41) is 154. The van der Waals surface area contributed by atoms with Crippen molar-refractivity contribution in [2.75, 3.05) is 52.7 Å².